The fraction of sp³-hybridized carbons (Fsp3) is 0.273. The van der Waals surface area contributed by atoms with E-state index in [9.17, 15) is 9.18 Å². The lowest BCUT2D eigenvalue weighted by Crippen LogP contribution is -2.39. The third kappa shape index (κ3) is 2.95. The van der Waals surface area contributed by atoms with Crippen LogP contribution in [0.25, 0.3) is 21.9 Å². The zero-order valence-electron chi connectivity index (χ0n) is 15.3. The molecule has 0 saturated carbocycles. The minimum atomic E-state index is -0.326. The summed E-state index contributed by atoms with van der Waals surface area (Å²) in [6.45, 7) is 1.74. The second kappa shape index (κ2) is 6.78. The van der Waals surface area contributed by atoms with Crippen LogP contribution in [0.4, 0.5) is 4.39 Å². The van der Waals surface area contributed by atoms with Crippen molar-refractivity contribution in [2.45, 2.75) is 25.3 Å². The first kappa shape index (κ1) is 17.0. The summed E-state index contributed by atoms with van der Waals surface area (Å²) in [5, 5.41) is 6.18. The number of fused-ring (bicyclic) bond motifs is 2. The van der Waals surface area contributed by atoms with E-state index in [2.05, 4.69) is 11.2 Å². The number of likely N-dealkylation sites (tertiary alicyclic amines) is 1. The Morgan fingerprint density at radius 3 is 2.82 bits per heavy atom. The minimum Gasteiger partial charge on any atom is -0.356 e. The van der Waals surface area contributed by atoms with Crippen LogP contribution in [-0.2, 0) is 11.3 Å². The number of aromatic nitrogens is 2. The number of nitrogens with zero attached hydrogens (tertiary/aromatic N) is 3. The summed E-state index contributed by atoms with van der Waals surface area (Å²) in [4.78, 5) is 14.7. The van der Waals surface area contributed by atoms with Crippen LogP contribution in [-0.4, -0.2) is 33.6 Å². The summed E-state index contributed by atoms with van der Waals surface area (Å²) in [5.41, 5.74) is 2.43. The van der Waals surface area contributed by atoms with Crippen molar-refractivity contribution in [1.82, 2.24) is 14.6 Å². The van der Waals surface area contributed by atoms with Crippen LogP contribution in [0.5, 0.6) is 0 Å². The fourth-order valence-corrected chi connectivity index (χ4v) is 4.15. The number of carbonyl (C=O) groups is 1. The van der Waals surface area contributed by atoms with Crippen LogP contribution in [0, 0.1) is 5.82 Å². The van der Waals surface area contributed by atoms with E-state index in [0.29, 0.717) is 25.2 Å². The van der Waals surface area contributed by atoms with E-state index in [1.807, 2.05) is 39.9 Å². The molecule has 2 aromatic heterocycles. The largest absolute Gasteiger partial charge is 0.356 e. The minimum absolute atomic E-state index is 0.131. The zero-order chi connectivity index (χ0) is 19.1. The molecule has 0 bridgehead atoms. The van der Waals surface area contributed by atoms with Crippen molar-refractivity contribution in [3.05, 3.63) is 66.2 Å². The average molecular weight is 377 g/mol. The van der Waals surface area contributed by atoms with Crippen molar-refractivity contribution in [3.8, 4) is 0 Å². The van der Waals surface area contributed by atoms with E-state index in [1.165, 1.54) is 12.1 Å². The van der Waals surface area contributed by atoms with Gasteiger partial charge >= 0.3 is 0 Å². The van der Waals surface area contributed by atoms with E-state index < -0.39 is 0 Å². The first-order valence-corrected chi connectivity index (χ1v) is 9.55. The third-order valence-corrected chi connectivity index (χ3v) is 5.68. The molecule has 0 unspecified atom stereocenters. The van der Waals surface area contributed by atoms with E-state index >= 15 is 0 Å². The molecule has 28 heavy (non-hydrogen) atoms. The first-order valence-electron chi connectivity index (χ1n) is 9.55. The highest BCUT2D eigenvalue weighted by Crippen LogP contribution is 2.33. The van der Waals surface area contributed by atoms with E-state index in [0.717, 1.165) is 34.8 Å². The predicted molar refractivity (Wildman–Crippen MR) is 104 cm³/mol. The van der Waals surface area contributed by atoms with Gasteiger partial charge in [-0.2, -0.15) is 0 Å². The van der Waals surface area contributed by atoms with Gasteiger partial charge in [-0.1, -0.05) is 23.4 Å². The summed E-state index contributed by atoms with van der Waals surface area (Å²) in [5.74, 6) is 0.0307. The predicted octanol–water partition coefficient (Wildman–Crippen LogP) is 4.33. The van der Waals surface area contributed by atoms with Crippen LogP contribution >= 0.6 is 0 Å². The number of benzene rings is 2. The topological polar surface area (TPSA) is 51.3 Å². The van der Waals surface area contributed by atoms with E-state index in [4.69, 9.17) is 4.52 Å². The highest BCUT2D eigenvalue weighted by molar-refractivity contribution is 5.83. The third-order valence-electron chi connectivity index (χ3n) is 5.68. The second-order valence-corrected chi connectivity index (χ2v) is 7.37. The van der Waals surface area contributed by atoms with Crippen molar-refractivity contribution in [1.29, 1.82) is 0 Å². The van der Waals surface area contributed by atoms with Gasteiger partial charge in [0, 0.05) is 42.2 Å². The van der Waals surface area contributed by atoms with Crippen LogP contribution in [0.1, 0.15) is 24.5 Å². The Kier molecular flexibility index (Phi) is 4.11. The molecule has 0 atom stereocenters. The van der Waals surface area contributed by atoms with Gasteiger partial charge in [0.1, 0.15) is 12.4 Å². The van der Waals surface area contributed by atoms with E-state index in [1.54, 1.807) is 6.07 Å². The Morgan fingerprint density at radius 1 is 1.14 bits per heavy atom. The van der Waals surface area contributed by atoms with Crippen molar-refractivity contribution < 1.29 is 13.7 Å². The van der Waals surface area contributed by atoms with Gasteiger partial charge < -0.3 is 14.0 Å². The summed E-state index contributed by atoms with van der Waals surface area (Å²) in [6, 6.07) is 14.6. The van der Waals surface area contributed by atoms with Gasteiger partial charge in [0.2, 0.25) is 5.91 Å². The molecule has 5 nitrogen and oxygen atoms in total. The molecule has 5 rings (SSSR count). The molecule has 0 radical (unpaired) electrons. The number of carbonyl (C=O) groups excluding carboxylic acids is 1. The van der Waals surface area contributed by atoms with Crippen LogP contribution in [0.3, 0.4) is 0 Å². The second-order valence-electron chi connectivity index (χ2n) is 7.37. The Morgan fingerprint density at radius 2 is 1.96 bits per heavy atom. The van der Waals surface area contributed by atoms with Crippen molar-refractivity contribution >= 4 is 27.8 Å². The fourth-order valence-electron chi connectivity index (χ4n) is 4.15. The zero-order valence-corrected chi connectivity index (χ0v) is 15.3. The van der Waals surface area contributed by atoms with Gasteiger partial charge in [0.15, 0.2) is 5.58 Å². The molecule has 1 amide bonds. The molecule has 6 heteroatoms. The maximum atomic E-state index is 13.3. The van der Waals surface area contributed by atoms with Crippen molar-refractivity contribution in [2.75, 3.05) is 13.1 Å². The average Bonchev–Trinajstić information content (AvgIpc) is 3.32. The lowest BCUT2D eigenvalue weighted by molar-refractivity contribution is -0.132. The number of rotatable bonds is 3. The molecule has 142 valence electrons. The maximum absolute atomic E-state index is 13.3. The first-order chi connectivity index (χ1) is 13.7. The molecular formula is C22H20FN3O2. The number of amides is 1. The Bertz CT molecular complexity index is 1150. The molecule has 2 aromatic carbocycles. The number of halogens is 1. The smallest absolute Gasteiger partial charge is 0.242 e. The molecule has 0 spiro atoms. The summed E-state index contributed by atoms with van der Waals surface area (Å²) in [6.07, 6.45) is 3.63. The molecule has 4 aromatic rings. The number of para-hydroxylation sites is 1. The maximum Gasteiger partial charge on any atom is 0.242 e. The molecule has 1 aliphatic rings. The SMILES string of the molecule is O=C(Cn1ccc2ccccc21)N1CCC(c2noc3cc(F)ccc23)CC1. The Hall–Kier alpha value is -3.15. The monoisotopic (exact) mass is 377 g/mol. The number of hydrogen-bond donors (Lipinski definition) is 0. The lowest BCUT2D eigenvalue weighted by Gasteiger charge is -2.31. The van der Waals surface area contributed by atoms with Gasteiger partial charge in [-0.3, -0.25) is 4.79 Å². The highest BCUT2D eigenvalue weighted by Gasteiger charge is 2.27. The molecule has 3 heterocycles. The van der Waals surface area contributed by atoms with Gasteiger partial charge in [-0.05, 0) is 42.5 Å². The standard InChI is InChI=1S/C22H20FN3O2/c23-17-5-6-18-20(13-17)28-24-22(18)16-8-10-25(11-9-16)21(27)14-26-12-7-15-3-1-2-4-19(15)26/h1-7,12-13,16H,8-11,14H2. The van der Waals surface area contributed by atoms with Crippen LogP contribution < -0.4 is 0 Å². The molecule has 0 aliphatic carbocycles. The summed E-state index contributed by atoms with van der Waals surface area (Å²) in [7, 11) is 0. The van der Waals surface area contributed by atoms with Gasteiger partial charge in [0.05, 0.1) is 5.69 Å². The van der Waals surface area contributed by atoms with E-state index in [-0.39, 0.29) is 17.6 Å². The summed E-state index contributed by atoms with van der Waals surface area (Å²) < 4.78 is 20.6. The van der Waals surface area contributed by atoms with Crippen LogP contribution in [0.2, 0.25) is 0 Å². The Balaban J connectivity index is 1.27. The lowest BCUT2D eigenvalue weighted by atomic mass is 9.91. The molecule has 0 N–H and O–H groups in total. The van der Waals surface area contributed by atoms with Crippen molar-refractivity contribution in [3.63, 3.8) is 0 Å². The summed E-state index contributed by atoms with van der Waals surface area (Å²) >= 11 is 0. The molecule has 1 saturated heterocycles. The highest BCUT2D eigenvalue weighted by atomic mass is 19.1. The molecule has 1 aliphatic heterocycles. The van der Waals surface area contributed by atoms with Gasteiger partial charge in [-0.25, -0.2) is 4.39 Å². The molecular weight excluding hydrogens is 357 g/mol. The van der Waals surface area contributed by atoms with Gasteiger partial charge in [-0.15, -0.1) is 0 Å². The van der Waals surface area contributed by atoms with Gasteiger partial charge in [0.25, 0.3) is 0 Å². The number of hydrogen-bond acceptors (Lipinski definition) is 3. The quantitative estimate of drug-likeness (QED) is 0.534. The molecule has 1 fully saturated rings. The Labute approximate surface area is 161 Å². The normalized spacial score (nSPS) is 15.5. The van der Waals surface area contributed by atoms with Crippen molar-refractivity contribution in [2.24, 2.45) is 0 Å². The van der Waals surface area contributed by atoms with Crippen LogP contribution in [0.15, 0.2) is 59.3 Å². The number of piperidine rings is 1.